The molecule has 0 bridgehead atoms. The Morgan fingerprint density at radius 3 is 2.69 bits per heavy atom. The third-order valence-corrected chi connectivity index (χ3v) is 8.83. The molecule has 1 saturated heterocycles. The van der Waals surface area contributed by atoms with Crippen molar-refractivity contribution in [2.45, 2.75) is 32.4 Å². The molecule has 9 heteroatoms. The van der Waals surface area contributed by atoms with E-state index in [-0.39, 0.29) is 5.25 Å². The van der Waals surface area contributed by atoms with Gasteiger partial charge in [-0.25, -0.2) is 8.42 Å². The van der Waals surface area contributed by atoms with Gasteiger partial charge in [0.1, 0.15) is 6.07 Å². The summed E-state index contributed by atoms with van der Waals surface area (Å²) in [4.78, 5) is 9.75. The van der Waals surface area contributed by atoms with Crippen molar-refractivity contribution in [2.24, 2.45) is 0 Å². The van der Waals surface area contributed by atoms with Crippen molar-refractivity contribution in [1.29, 1.82) is 5.26 Å². The number of H-pyrrole nitrogens is 1. The van der Waals surface area contributed by atoms with E-state index in [1.54, 1.807) is 30.5 Å². The number of anilines is 2. The van der Waals surface area contributed by atoms with Gasteiger partial charge >= 0.3 is 0 Å². The molecule has 3 heterocycles. The maximum atomic E-state index is 12.4. The minimum Gasteiger partial charge on any atom is -0.361 e. The van der Waals surface area contributed by atoms with Crippen LogP contribution in [0, 0.1) is 18.3 Å². The number of pyridine rings is 1. The summed E-state index contributed by atoms with van der Waals surface area (Å²) in [6.45, 7) is 8.92. The smallest absolute Gasteiger partial charge is 0.216 e. The quantitative estimate of drug-likeness (QED) is 0.487. The summed E-state index contributed by atoms with van der Waals surface area (Å²) in [6, 6.07) is 8.34. The number of nitrogens with zero attached hydrogens (tertiary/aromatic N) is 4. The van der Waals surface area contributed by atoms with E-state index in [1.807, 2.05) is 30.5 Å². The number of aromatic amines is 1. The van der Waals surface area contributed by atoms with Gasteiger partial charge in [-0.15, -0.1) is 0 Å². The first kappa shape index (κ1) is 24.9. The molecule has 2 N–H and O–H groups in total. The molecule has 0 radical (unpaired) electrons. The average molecular weight is 493 g/mol. The molecule has 0 amide bonds. The van der Waals surface area contributed by atoms with Crippen LogP contribution >= 0.6 is 0 Å². The lowest BCUT2D eigenvalue weighted by molar-refractivity contribution is 0.190. The molecule has 184 valence electrons. The lowest BCUT2D eigenvalue weighted by Crippen LogP contribution is -2.50. The van der Waals surface area contributed by atoms with Crippen LogP contribution < -0.4 is 5.32 Å². The summed E-state index contributed by atoms with van der Waals surface area (Å²) in [5, 5.41) is 13.9. The SMILES string of the molecule is Cc1c(Nc2c(C#N)cncc2/C=C/CCN2CCN(S(=O)(=O)C(C)C)CC2)ccc2[nH]ccc12. The molecular weight excluding hydrogens is 460 g/mol. The number of fused-ring (bicyclic) bond motifs is 1. The van der Waals surface area contributed by atoms with Crippen molar-refractivity contribution < 1.29 is 8.42 Å². The molecule has 0 atom stereocenters. The zero-order valence-electron chi connectivity index (χ0n) is 20.5. The zero-order valence-corrected chi connectivity index (χ0v) is 21.3. The topological polar surface area (TPSA) is 105 Å². The van der Waals surface area contributed by atoms with Gasteiger partial charge in [0.25, 0.3) is 0 Å². The molecular formula is C26H32N6O2S. The largest absolute Gasteiger partial charge is 0.361 e. The monoisotopic (exact) mass is 492 g/mol. The number of rotatable bonds is 8. The second-order valence-electron chi connectivity index (χ2n) is 9.09. The van der Waals surface area contributed by atoms with Crippen LogP contribution in [-0.4, -0.2) is 65.6 Å². The van der Waals surface area contributed by atoms with E-state index in [0.29, 0.717) is 18.7 Å². The van der Waals surface area contributed by atoms with E-state index < -0.39 is 10.0 Å². The van der Waals surface area contributed by atoms with Crippen molar-refractivity contribution in [3.8, 4) is 6.07 Å². The number of hydrogen-bond acceptors (Lipinski definition) is 6. The van der Waals surface area contributed by atoms with Gasteiger partial charge in [0, 0.05) is 73.5 Å². The molecule has 2 aromatic heterocycles. The summed E-state index contributed by atoms with van der Waals surface area (Å²) in [7, 11) is -3.18. The van der Waals surface area contributed by atoms with E-state index in [9.17, 15) is 13.7 Å². The highest BCUT2D eigenvalue weighted by atomic mass is 32.2. The highest BCUT2D eigenvalue weighted by Crippen LogP contribution is 2.30. The lowest BCUT2D eigenvalue weighted by atomic mass is 10.1. The Morgan fingerprint density at radius 1 is 1.20 bits per heavy atom. The third kappa shape index (κ3) is 5.40. The molecule has 35 heavy (non-hydrogen) atoms. The van der Waals surface area contributed by atoms with Gasteiger partial charge in [0.15, 0.2) is 0 Å². The van der Waals surface area contributed by atoms with Crippen LogP contribution in [0.5, 0.6) is 0 Å². The second-order valence-corrected chi connectivity index (χ2v) is 11.6. The van der Waals surface area contributed by atoms with Gasteiger partial charge < -0.3 is 15.2 Å². The van der Waals surface area contributed by atoms with E-state index in [0.717, 1.165) is 59.5 Å². The predicted molar refractivity (Wildman–Crippen MR) is 141 cm³/mol. The number of benzene rings is 1. The molecule has 1 aromatic carbocycles. The molecule has 0 aliphatic carbocycles. The van der Waals surface area contributed by atoms with Crippen LogP contribution in [0.4, 0.5) is 11.4 Å². The van der Waals surface area contributed by atoms with Crippen molar-refractivity contribution in [3.63, 3.8) is 0 Å². The molecule has 1 aliphatic heterocycles. The minimum atomic E-state index is -3.18. The van der Waals surface area contributed by atoms with Crippen LogP contribution in [0.25, 0.3) is 17.0 Å². The number of hydrogen-bond donors (Lipinski definition) is 2. The normalized spacial score (nSPS) is 15.7. The molecule has 3 aromatic rings. The standard InChI is InChI=1S/C26H32N6O2S/c1-19(2)35(33,34)32-14-12-31(13-15-32)11-5-4-6-21-17-28-18-22(16-27)26(21)30-24-7-8-25-23(20(24)3)9-10-29-25/h4,6-10,17-19,29H,5,11-15H2,1-3H3,(H,28,30)/b6-4+. The lowest BCUT2D eigenvalue weighted by Gasteiger charge is -2.34. The fraction of sp³-hybridized carbons (Fsp3) is 0.385. The third-order valence-electron chi connectivity index (χ3n) is 6.56. The maximum absolute atomic E-state index is 12.4. The van der Waals surface area contributed by atoms with Gasteiger partial charge in [0.2, 0.25) is 10.0 Å². The maximum Gasteiger partial charge on any atom is 0.216 e. The number of nitriles is 1. The highest BCUT2D eigenvalue weighted by Gasteiger charge is 2.28. The molecule has 1 fully saturated rings. The predicted octanol–water partition coefficient (Wildman–Crippen LogP) is 4.25. The summed E-state index contributed by atoms with van der Waals surface area (Å²) < 4.78 is 26.3. The Bertz CT molecular complexity index is 1360. The van der Waals surface area contributed by atoms with Crippen molar-refractivity contribution >= 4 is 38.4 Å². The molecule has 0 saturated carbocycles. The van der Waals surface area contributed by atoms with Gasteiger partial charge in [0.05, 0.1) is 16.5 Å². The van der Waals surface area contributed by atoms with Crippen LogP contribution in [0.15, 0.2) is 42.9 Å². The number of sulfonamides is 1. The Kier molecular flexibility index (Phi) is 7.55. The van der Waals surface area contributed by atoms with Gasteiger partial charge in [-0.1, -0.05) is 12.2 Å². The molecule has 1 aliphatic rings. The number of aromatic nitrogens is 2. The number of aryl methyl sites for hydroxylation is 1. The number of nitrogens with one attached hydrogen (secondary N) is 2. The molecule has 8 nitrogen and oxygen atoms in total. The summed E-state index contributed by atoms with van der Waals surface area (Å²) in [5.74, 6) is 0. The van der Waals surface area contributed by atoms with E-state index in [4.69, 9.17) is 0 Å². The Hall–Kier alpha value is -3.19. The van der Waals surface area contributed by atoms with E-state index in [2.05, 4.69) is 39.3 Å². The average Bonchev–Trinajstić information content (AvgIpc) is 3.34. The summed E-state index contributed by atoms with van der Waals surface area (Å²) >= 11 is 0. The van der Waals surface area contributed by atoms with E-state index in [1.165, 1.54) is 0 Å². The summed E-state index contributed by atoms with van der Waals surface area (Å²) in [5.41, 5.74) is 5.21. The van der Waals surface area contributed by atoms with Crippen molar-refractivity contribution in [2.75, 3.05) is 38.0 Å². The summed E-state index contributed by atoms with van der Waals surface area (Å²) in [6.07, 6.45) is 10.2. The van der Waals surface area contributed by atoms with Crippen LogP contribution in [0.3, 0.4) is 0 Å². The minimum absolute atomic E-state index is 0.383. The van der Waals surface area contributed by atoms with Crippen molar-refractivity contribution in [3.05, 3.63) is 59.6 Å². The first-order valence-corrected chi connectivity index (χ1v) is 13.4. The highest BCUT2D eigenvalue weighted by molar-refractivity contribution is 7.89. The molecule has 0 spiro atoms. The van der Waals surface area contributed by atoms with Crippen LogP contribution in [0.2, 0.25) is 0 Å². The fourth-order valence-electron chi connectivity index (χ4n) is 4.35. The van der Waals surface area contributed by atoms with E-state index >= 15 is 0 Å². The van der Waals surface area contributed by atoms with Gasteiger partial charge in [-0.05, 0) is 51.0 Å². The molecule has 0 unspecified atom stereocenters. The fourth-order valence-corrected chi connectivity index (χ4v) is 5.62. The molecule has 4 rings (SSSR count). The van der Waals surface area contributed by atoms with Crippen LogP contribution in [0.1, 0.15) is 37.0 Å². The van der Waals surface area contributed by atoms with Crippen molar-refractivity contribution in [1.82, 2.24) is 19.2 Å². The number of piperazine rings is 1. The van der Waals surface area contributed by atoms with Gasteiger partial charge in [-0.3, -0.25) is 4.98 Å². The zero-order chi connectivity index (χ0) is 25.0. The second kappa shape index (κ2) is 10.6. The first-order chi connectivity index (χ1) is 16.8. The first-order valence-electron chi connectivity index (χ1n) is 11.9. The van der Waals surface area contributed by atoms with Crippen LogP contribution in [-0.2, 0) is 10.0 Å². The Morgan fingerprint density at radius 2 is 1.97 bits per heavy atom. The van der Waals surface area contributed by atoms with Gasteiger partial charge in [-0.2, -0.15) is 9.57 Å². The Balaban J connectivity index is 1.41. The Labute approximate surface area is 207 Å².